The second kappa shape index (κ2) is 9.38. The SMILES string of the molecule is O=C(NC[C@@H]1CCC2(CCN(CCCc3ccccc3)CC2)O1)[C@H]1CCCO1. The van der Waals surface area contributed by atoms with Gasteiger partial charge < -0.3 is 19.7 Å². The van der Waals surface area contributed by atoms with Gasteiger partial charge in [0.15, 0.2) is 0 Å². The topological polar surface area (TPSA) is 50.8 Å². The molecule has 5 heteroatoms. The van der Waals surface area contributed by atoms with E-state index in [1.165, 1.54) is 18.5 Å². The van der Waals surface area contributed by atoms with Gasteiger partial charge >= 0.3 is 0 Å². The smallest absolute Gasteiger partial charge is 0.249 e. The molecule has 1 aromatic rings. The maximum Gasteiger partial charge on any atom is 0.249 e. The number of hydrogen-bond acceptors (Lipinski definition) is 4. The van der Waals surface area contributed by atoms with Gasteiger partial charge in [-0.2, -0.15) is 0 Å². The van der Waals surface area contributed by atoms with Crippen molar-refractivity contribution in [2.75, 3.05) is 32.8 Å². The predicted molar refractivity (Wildman–Crippen MR) is 109 cm³/mol. The van der Waals surface area contributed by atoms with Crippen LogP contribution in [-0.2, 0) is 20.7 Å². The fraction of sp³-hybridized carbons (Fsp3) is 0.696. The van der Waals surface area contributed by atoms with Crippen molar-refractivity contribution in [3.05, 3.63) is 35.9 Å². The van der Waals surface area contributed by atoms with Gasteiger partial charge in [0.05, 0.1) is 11.7 Å². The molecule has 3 saturated heterocycles. The van der Waals surface area contributed by atoms with Crippen LogP contribution in [0.5, 0.6) is 0 Å². The summed E-state index contributed by atoms with van der Waals surface area (Å²) in [4.78, 5) is 14.7. The summed E-state index contributed by atoms with van der Waals surface area (Å²) in [5.74, 6) is 0.0373. The molecule has 0 aliphatic carbocycles. The second-order valence-electron chi connectivity index (χ2n) is 8.64. The highest BCUT2D eigenvalue weighted by atomic mass is 16.5. The molecular formula is C23H34N2O3. The molecule has 4 rings (SSSR count). The van der Waals surface area contributed by atoms with E-state index in [1.54, 1.807) is 0 Å². The molecule has 1 spiro atoms. The van der Waals surface area contributed by atoms with Gasteiger partial charge in [0.1, 0.15) is 6.10 Å². The molecule has 3 aliphatic heterocycles. The van der Waals surface area contributed by atoms with Crippen LogP contribution >= 0.6 is 0 Å². The average Bonchev–Trinajstić information content (AvgIpc) is 3.40. The molecule has 0 bridgehead atoms. The van der Waals surface area contributed by atoms with Gasteiger partial charge in [-0.3, -0.25) is 4.79 Å². The van der Waals surface area contributed by atoms with E-state index in [-0.39, 0.29) is 23.7 Å². The van der Waals surface area contributed by atoms with Gasteiger partial charge in [-0.05, 0) is 63.5 Å². The zero-order valence-corrected chi connectivity index (χ0v) is 16.9. The number of benzene rings is 1. The molecule has 3 fully saturated rings. The van der Waals surface area contributed by atoms with Gasteiger partial charge in [-0.1, -0.05) is 30.3 Å². The molecule has 3 heterocycles. The van der Waals surface area contributed by atoms with Crippen LogP contribution in [-0.4, -0.2) is 61.4 Å². The number of amides is 1. The summed E-state index contributed by atoms with van der Waals surface area (Å²) in [6.07, 6.45) is 8.56. The standard InChI is InChI=1S/C23H34N2O3/c26-22(21-9-5-17-27-21)24-18-20-10-11-23(28-20)12-15-25(16-13-23)14-4-8-19-6-2-1-3-7-19/h1-3,6-7,20-21H,4-5,8-18H2,(H,24,26)/t20-,21+/m0/s1. The van der Waals surface area contributed by atoms with E-state index >= 15 is 0 Å². The summed E-state index contributed by atoms with van der Waals surface area (Å²) in [7, 11) is 0. The first-order valence-electron chi connectivity index (χ1n) is 11.1. The van der Waals surface area contributed by atoms with Crippen LogP contribution < -0.4 is 5.32 Å². The van der Waals surface area contributed by atoms with Gasteiger partial charge in [0.2, 0.25) is 5.91 Å². The maximum atomic E-state index is 12.1. The van der Waals surface area contributed by atoms with Crippen LogP contribution in [0, 0.1) is 0 Å². The summed E-state index contributed by atoms with van der Waals surface area (Å²) < 4.78 is 11.9. The highest BCUT2D eigenvalue weighted by molar-refractivity contribution is 5.80. The number of nitrogens with zero attached hydrogens (tertiary/aromatic N) is 1. The Kier molecular flexibility index (Phi) is 6.65. The Morgan fingerprint density at radius 1 is 1.14 bits per heavy atom. The zero-order chi connectivity index (χ0) is 19.2. The Hall–Kier alpha value is -1.43. The van der Waals surface area contributed by atoms with E-state index < -0.39 is 0 Å². The second-order valence-corrected chi connectivity index (χ2v) is 8.64. The zero-order valence-electron chi connectivity index (χ0n) is 16.9. The molecule has 28 heavy (non-hydrogen) atoms. The van der Waals surface area contributed by atoms with Crippen molar-refractivity contribution in [3.63, 3.8) is 0 Å². The van der Waals surface area contributed by atoms with E-state index in [4.69, 9.17) is 9.47 Å². The molecule has 0 radical (unpaired) electrons. The molecule has 0 aromatic heterocycles. The number of ether oxygens (including phenoxy) is 2. The van der Waals surface area contributed by atoms with Gasteiger partial charge in [0, 0.05) is 26.2 Å². The lowest BCUT2D eigenvalue weighted by Gasteiger charge is -2.39. The average molecular weight is 387 g/mol. The molecule has 0 unspecified atom stereocenters. The summed E-state index contributed by atoms with van der Waals surface area (Å²) in [6.45, 7) is 4.77. The lowest BCUT2D eigenvalue weighted by molar-refractivity contribution is -0.131. The highest BCUT2D eigenvalue weighted by Crippen LogP contribution is 2.38. The molecular weight excluding hydrogens is 352 g/mol. The number of nitrogens with one attached hydrogen (secondary N) is 1. The first-order valence-corrected chi connectivity index (χ1v) is 11.1. The lowest BCUT2D eigenvalue weighted by Crippen LogP contribution is -2.45. The van der Waals surface area contributed by atoms with Gasteiger partial charge in [-0.15, -0.1) is 0 Å². The first kappa shape index (κ1) is 19.9. The third-order valence-corrected chi connectivity index (χ3v) is 6.61. The third-order valence-electron chi connectivity index (χ3n) is 6.61. The molecule has 3 aliphatic rings. The summed E-state index contributed by atoms with van der Waals surface area (Å²) in [5.41, 5.74) is 1.48. The van der Waals surface area contributed by atoms with E-state index in [0.29, 0.717) is 13.2 Å². The molecule has 2 atom stereocenters. The quantitative estimate of drug-likeness (QED) is 0.783. The molecule has 1 aromatic carbocycles. The molecule has 1 N–H and O–H groups in total. The highest BCUT2D eigenvalue weighted by Gasteiger charge is 2.42. The lowest BCUT2D eigenvalue weighted by atomic mass is 9.88. The van der Waals surface area contributed by atoms with E-state index in [9.17, 15) is 4.79 Å². The minimum absolute atomic E-state index is 0.0373. The largest absolute Gasteiger partial charge is 0.370 e. The summed E-state index contributed by atoms with van der Waals surface area (Å²) in [5, 5.41) is 3.04. The number of hydrogen-bond donors (Lipinski definition) is 1. The minimum atomic E-state index is -0.241. The van der Waals surface area contributed by atoms with Crippen LogP contribution in [0.1, 0.15) is 50.5 Å². The predicted octanol–water partition coefficient (Wildman–Crippen LogP) is 2.93. The third kappa shape index (κ3) is 5.13. The summed E-state index contributed by atoms with van der Waals surface area (Å²) >= 11 is 0. The minimum Gasteiger partial charge on any atom is -0.370 e. The normalized spacial score (nSPS) is 27.3. The molecule has 0 saturated carbocycles. The van der Waals surface area contributed by atoms with Gasteiger partial charge in [0.25, 0.3) is 0 Å². The fourth-order valence-electron chi connectivity index (χ4n) is 4.86. The van der Waals surface area contributed by atoms with Crippen molar-refractivity contribution >= 4 is 5.91 Å². The van der Waals surface area contributed by atoms with Crippen LogP contribution in [0.15, 0.2) is 30.3 Å². The van der Waals surface area contributed by atoms with Crippen molar-refractivity contribution in [1.29, 1.82) is 0 Å². The molecule has 1 amide bonds. The Labute approximate surface area is 168 Å². The van der Waals surface area contributed by atoms with Crippen LogP contribution in [0.25, 0.3) is 0 Å². The van der Waals surface area contributed by atoms with Crippen LogP contribution in [0.3, 0.4) is 0 Å². The molecule has 154 valence electrons. The number of rotatable bonds is 7. The van der Waals surface area contributed by atoms with Crippen molar-refractivity contribution < 1.29 is 14.3 Å². The first-order chi connectivity index (χ1) is 13.7. The van der Waals surface area contributed by atoms with E-state index in [0.717, 1.165) is 58.0 Å². The number of carbonyl (C=O) groups excluding carboxylic acids is 1. The van der Waals surface area contributed by atoms with E-state index in [2.05, 4.69) is 40.5 Å². The molecule has 5 nitrogen and oxygen atoms in total. The van der Waals surface area contributed by atoms with Crippen LogP contribution in [0.2, 0.25) is 0 Å². The van der Waals surface area contributed by atoms with Crippen molar-refractivity contribution in [2.24, 2.45) is 0 Å². The number of carbonyl (C=O) groups is 1. The van der Waals surface area contributed by atoms with Crippen molar-refractivity contribution in [3.8, 4) is 0 Å². The maximum absolute atomic E-state index is 12.1. The number of piperidine rings is 1. The summed E-state index contributed by atoms with van der Waals surface area (Å²) in [6, 6.07) is 10.8. The Balaban J connectivity index is 1.14. The number of likely N-dealkylation sites (tertiary alicyclic amines) is 1. The fourth-order valence-corrected chi connectivity index (χ4v) is 4.86. The Morgan fingerprint density at radius 2 is 1.96 bits per heavy atom. The van der Waals surface area contributed by atoms with Crippen LogP contribution in [0.4, 0.5) is 0 Å². The van der Waals surface area contributed by atoms with Crippen molar-refractivity contribution in [2.45, 2.75) is 69.2 Å². The number of aryl methyl sites for hydroxylation is 1. The Bertz CT molecular complexity index is 622. The van der Waals surface area contributed by atoms with Crippen molar-refractivity contribution in [1.82, 2.24) is 10.2 Å². The van der Waals surface area contributed by atoms with E-state index in [1.807, 2.05) is 0 Å². The van der Waals surface area contributed by atoms with Gasteiger partial charge in [-0.25, -0.2) is 0 Å². The Morgan fingerprint density at radius 3 is 2.71 bits per heavy atom. The monoisotopic (exact) mass is 386 g/mol.